The molecule has 10 heteroatoms. The Labute approximate surface area is 132 Å². The average molecular weight is 400 g/mol. The lowest BCUT2D eigenvalue weighted by Gasteiger charge is -2.08. The van der Waals surface area contributed by atoms with Gasteiger partial charge in [-0.05, 0) is 22.0 Å². The van der Waals surface area contributed by atoms with Crippen LogP contribution in [-0.4, -0.2) is 18.6 Å². The molecule has 21 heavy (non-hydrogen) atoms. The number of hydrogen-bond acceptors (Lipinski definition) is 6. The minimum atomic E-state index is -4.17. The van der Waals surface area contributed by atoms with E-state index in [1.807, 2.05) is 6.92 Å². The molecular formula is C11H9BrClFN2O4S. The number of nitrogens with zero attached hydrogens (tertiary/aromatic N) is 2. The van der Waals surface area contributed by atoms with Crippen LogP contribution in [0.1, 0.15) is 18.6 Å². The normalized spacial score (nSPS) is 11.6. The summed E-state index contributed by atoms with van der Waals surface area (Å²) in [5, 5.41) is 3.68. The van der Waals surface area contributed by atoms with Gasteiger partial charge in [0.05, 0.1) is 4.47 Å². The third-order valence-corrected chi connectivity index (χ3v) is 4.38. The molecule has 6 nitrogen and oxygen atoms in total. The third kappa shape index (κ3) is 3.92. The number of benzene rings is 1. The van der Waals surface area contributed by atoms with E-state index in [0.29, 0.717) is 12.2 Å². The van der Waals surface area contributed by atoms with E-state index in [4.69, 9.17) is 19.9 Å². The zero-order valence-electron chi connectivity index (χ0n) is 10.6. The van der Waals surface area contributed by atoms with E-state index in [1.165, 1.54) is 0 Å². The highest BCUT2D eigenvalue weighted by atomic mass is 79.9. The molecule has 0 aliphatic carbocycles. The molecule has 0 bridgehead atoms. The lowest BCUT2D eigenvalue weighted by Crippen LogP contribution is -2.00. The standard InChI is InChI=1S/C11H9BrClFN2O4S/c1-2-10-15-11(20-16-10)5-19-8-4-7(14)9(3-6(8)12)21(13,17)18/h3-4H,2,5H2,1H3. The van der Waals surface area contributed by atoms with Crippen LogP contribution in [-0.2, 0) is 22.1 Å². The van der Waals surface area contributed by atoms with Gasteiger partial charge in [-0.15, -0.1) is 0 Å². The van der Waals surface area contributed by atoms with E-state index in [2.05, 4.69) is 26.1 Å². The Kier molecular flexibility index (Phi) is 4.84. The Morgan fingerprint density at radius 3 is 2.76 bits per heavy atom. The molecule has 0 aliphatic heterocycles. The van der Waals surface area contributed by atoms with Crippen LogP contribution in [0.25, 0.3) is 0 Å². The predicted octanol–water partition coefficient (Wildman–Crippen LogP) is 3.04. The summed E-state index contributed by atoms with van der Waals surface area (Å²) in [6.45, 7) is 1.80. The number of aromatic nitrogens is 2. The van der Waals surface area contributed by atoms with Crippen molar-refractivity contribution in [2.45, 2.75) is 24.8 Å². The summed E-state index contributed by atoms with van der Waals surface area (Å²) in [7, 11) is 0.948. The number of ether oxygens (including phenoxy) is 1. The minimum Gasteiger partial charge on any atom is -0.482 e. The maximum atomic E-state index is 13.7. The van der Waals surface area contributed by atoms with Gasteiger partial charge in [-0.25, -0.2) is 12.8 Å². The molecule has 0 radical (unpaired) electrons. The summed E-state index contributed by atoms with van der Waals surface area (Å²) in [5.41, 5.74) is 0. The minimum absolute atomic E-state index is 0.0714. The van der Waals surface area contributed by atoms with Crippen LogP contribution < -0.4 is 4.74 Å². The van der Waals surface area contributed by atoms with Crippen molar-refractivity contribution in [3.8, 4) is 5.75 Å². The quantitative estimate of drug-likeness (QED) is 0.719. The summed E-state index contributed by atoms with van der Waals surface area (Å²) in [5.74, 6) is -0.161. The molecule has 0 aliphatic rings. The second-order valence-electron chi connectivity index (χ2n) is 3.90. The maximum absolute atomic E-state index is 13.7. The third-order valence-electron chi connectivity index (χ3n) is 2.43. The van der Waals surface area contributed by atoms with Crippen LogP contribution >= 0.6 is 26.6 Å². The van der Waals surface area contributed by atoms with Gasteiger partial charge in [0.25, 0.3) is 14.9 Å². The first-order valence-electron chi connectivity index (χ1n) is 5.69. The molecular weight excluding hydrogens is 391 g/mol. The van der Waals surface area contributed by atoms with Gasteiger partial charge in [-0.1, -0.05) is 12.1 Å². The molecule has 0 fully saturated rings. The van der Waals surface area contributed by atoms with Crippen LogP contribution in [0, 0.1) is 5.82 Å². The van der Waals surface area contributed by atoms with Gasteiger partial charge in [-0.2, -0.15) is 4.98 Å². The van der Waals surface area contributed by atoms with Gasteiger partial charge in [0.1, 0.15) is 16.5 Å². The first-order chi connectivity index (χ1) is 9.81. The summed E-state index contributed by atoms with van der Waals surface area (Å²) in [6, 6.07) is 1.94. The fourth-order valence-electron chi connectivity index (χ4n) is 1.44. The van der Waals surface area contributed by atoms with Gasteiger partial charge in [0, 0.05) is 23.2 Å². The number of halogens is 3. The molecule has 0 atom stereocenters. The van der Waals surface area contributed by atoms with Crippen molar-refractivity contribution < 1.29 is 22.1 Å². The van der Waals surface area contributed by atoms with Crippen molar-refractivity contribution >= 4 is 35.7 Å². The molecule has 0 saturated carbocycles. The SMILES string of the molecule is CCc1noc(COc2cc(F)c(S(=O)(=O)Cl)cc2Br)n1. The van der Waals surface area contributed by atoms with E-state index >= 15 is 0 Å². The van der Waals surface area contributed by atoms with Crippen molar-refractivity contribution in [2.75, 3.05) is 0 Å². The first kappa shape index (κ1) is 16.2. The van der Waals surface area contributed by atoms with Crippen LogP contribution in [0.2, 0.25) is 0 Å². The lowest BCUT2D eigenvalue weighted by atomic mass is 10.3. The summed E-state index contributed by atoms with van der Waals surface area (Å²) in [6.07, 6.45) is 0.615. The molecule has 0 saturated heterocycles. The molecule has 114 valence electrons. The zero-order chi connectivity index (χ0) is 15.6. The Morgan fingerprint density at radius 1 is 1.48 bits per heavy atom. The predicted molar refractivity (Wildman–Crippen MR) is 75.1 cm³/mol. The Balaban J connectivity index is 2.19. The van der Waals surface area contributed by atoms with Gasteiger partial charge >= 0.3 is 0 Å². The van der Waals surface area contributed by atoms with Gasteiger partial charge in [0.15, 0.2) is 12.4 Å². The lowest BCUT2D eigenvalue weighted by molar-refractivity contribution is 0.240. The first-order valence-corrected chi connectivity index (χ1v) is 8.79. The zero-order valence-corrected chi connectivity index (χ0v) is 13.8. The van der Waals surface area contributed by atoms with Gasteiger partial charge < -0.3 is 9.26 Å². The second-order valence-corrected chi connectivity index (χ2v) is 7.29. The average Bonchev–Trinajstić information content (AvgIpc) is 2.86. The number of aryl methyl sites for hydroxylation is 1. The smallest absolute Gasteiger partial charge is 0.264 e. The molecule has 1 aromatic heterocycles. The highest BCUT2D eigenvalue weighted by Crippen LogP contribution is 2.32. The monoisotopic (exact) mass is 398 g/mol. The van der Waals surface area contributed by atoms with E-state index in [-0.39, 0.29) is 22.7 Å². The van der Waals surface area contributed by atoms with Crippen LogP contribution in [0.3, 0.4) is 0 Å². The van der Waals surface area contributed by atoms with Gasteiger partial charge in [-0.3, -0.25) is 0 Å². The number of hydrogen-bond donors (Lipinski definition) is 0. The molecule has 1 heterocycles. The Hall–Kier alpha value is -1.19. The topological polar surface area (TPSA) is 82.3 Å². The van der Waals surface area contributed by atoms with Crippen molar-refractivity contribution in [3.05, 3.63) is 34.1 Å². The summed E-state index contributed by atoms with van der Waals surface area (Å²) in [4.78, 5) is 3.39. The summed E-state index contributed by atoms with van der Waals surface area (Å²) < 4.78 is 46.5. The number of rotatable bonds is 5. The van der Waals surface area contributed by atoms with Crippen molar-refractivity contribution in [2.24, 2.45) is 0 Å². The molecule has 0 amide bonds. The largest absolute Gasteiger partial charge is 0.482 e. The molecule has 0 spiro atoms. The molecule has 2 rings (SSSR count). The molecule has 2 aromatic rings. The molecule has 0 unspecified atom stereocenters. The Morgan fingerprint density at radius 2 is 2.19 bits per heavy atom. The van der Waals surface area contributed by atoms with E-state index in [9.17, 15) is 12.8 Å². The molecule has 0 N–H and O–H groups in total. The van der Waals surface area contributed by atoms with E-state index in [1.54, 1.807) is 0 Å². The fourth-order valence-corrected chi connectivity index (χ4v) is 2.95. The Bertz CT molecular complexity index is 766. The van der Waals surface area contributed by atoms with E-state index < -0.39 is 19.8 Å². The van der Waals surface area contributed by atoms with Crippen molar-refractivity contribution in [1.82, 2.24) is 10.1 Å². The van der Waals surface area contributed by atoms with Crippen LogP contribution in [0.15, 0.2) is 26.0 Å². The van der Waals surface area contributed by atoms with Crippen molar-refractivity contribution in [1.29, 1.82) is 0 Å². The fraction of sp³-hybridized carbons (Fsp3) is 0.273. The van der Waals surface area contributed by atoms with Crippen LogP contribution in [0.5, 0.6) is 5.75 Å². The molecule has 1 aromatic carbocycles. The van der Waals surface area contributed by atoms with Crippen LogP contribution in [0.4, 0.5) is 4.39 Å². The maximum Gasteiger partial charge on any atom is 0.264 e. The van der Waals surface area contributed by atoms with Crippen molar-refractivity contribution in [3.63, 3.8) is 0 Å². The second kappa shape index (κ2) is 6.29. The highest BCUT2D eigenvalue weighted by Gasteiger charge is 2.19. The summed E-state index contributed by atoms with van der Waals surface area (Å²) >= 11 is 3.08. The van der Waals surface area contributed by atoms with Gasteiger partial charge in [0.2, 0.25) is 0 Å². The highest BCUT2D eigenvalue weighted by molar-refractivity contribution is 9.10. The van der Waals surface area contributed by atoms with E-state index in [0.717, 1.165) is 12.1 Å².